The van der Waals surface area contributed by atoms with Gasteiger partial charge in [0.05, 0.1) is 10.8 Å². The summed E-state index contributed by atoms with van der Waals surface area (Å²) in [6.45, 7) is 1.66. The van der Waals surface area contributed by atoms with Crippen LogP contribution in [-0.4, -0.2) is 56.3 Å². The minimum atomic E-state index is -3.46. The minimum absolute atomic E-state index is 0.0509. The zero-order valence-corrected chi connectivity index (χ0v) is 18.4. The summed E-state index contributed by atoms with van der Waals surface area (Å²) < 4.78 is 40.4. The number of amides is 1. The summed E-state index contributed by atoms with van der Waals surface area (Å²) in [6, 6.07) is 14.6. The largest absolute Gasteiger partial charge is 0.326 e. The highest BCUT2D eigenvalue weighted by atomic mass is 32.2. The Morgan fingerprint density at radius 2 is 1.68 bits per heavy atom. The van der Waals surface area contributed by atoms with E-state index in [1.807, 2.05) is 13.1 Å². The highest BCUT2D eigenvalue weighted by molar-refractivity contribution is 7.89. The van der Waals surface area contributed by atoms with Crippen molar-refractivity contribution in [2.75, 3.05) is 32.0 Å². The number of carbonyl (C=O) groups excluding carboxylic acids is 1. The Morgan fingerprint density at radius 3 is 2.32 bits per heavy atom. The zero-order valence-electron chi connectivity index (χ0n) is 17.6. The van der Waals surface area contributed by atoms with Crippen molar-refractivity contribution in [2.24, 2.45) is 11.8 Å². The Balaban J connectivity index is 1.34. The van der Waals surface area contributed by atoms with E-state index in [1.165, 1.54) is 12.1 Å². The van der Waals surface area contributed by atoms with E-state index in [9.17, 15) is 17.6 Å². The normalized spacial score (nSPS) is 23.7. The number of hydrogen-bond acceptors (Lipinski definition) is 4. The van der Waals surface area contributed by atoms with Gasteiger partial charge in [0, 0.05) is 31.4 Å². The fraction of sp³-hybridized carbons (Fsp3) is 0.435. The molecule has 2 aliphatic heterocycles. The molecule has 0 bridgehead atoms. The lowest BCUT2D eigenvalue weighted by Crippen LogP contribution is -2.43. The maximum atomic E-state index is 13.1. The number of sulfonamides is 1. The molecule has 2 aromatic rings. The summed E-state index contributed by atoms with van der Waals surface area (Å²) in [5, 5.41) is 2.88. The predicted molar refractivity (Wildman–Crippen MR) is 117 cm³/mol. The lowest BCUT2D eigenvalue weighted by Gasteiger charge is -2.36. The van der Waals surface area contributed by atoms with Gasteiger partial charge in [0.15, 0.2) is 0 Å². The van der Waals surface area contributed by atoms with Crippen LogP contribution in [0.3, 0.4) is 0 Å². The third kappa shape index (κ3) is 4.81. The van der Waals surface area contributed by atoms with Crippen molar-refractivity contribution >= 4 is 21.6 Å². The second kappa shape index (κ2) is 9.06. The molecular weight excluding hydrogens is 417 g/mol. The first-order chi connectivity index (χ1) is 14.8. The molecule has 166 valence electrons. The molecule has 4 rings (SSSR count). The first-order valence-corrected chi connectivity index (χ1v) is 12.1. The molecule has 1 N–H and O–H groups in total. The van der Waals surface area contributed by atoms with E-state index in [-0.39, 0.29) is 23.7 Å². The molecule has 2 unspecified atom stereocenters. The van der Waals surface area contributed by atoms with Crippen LogP contribution in [0, 0.1) is 17.7 Å². The number of piperidine rings is 1. The lowest BCUT2D eigenvalue weighted by atomic mass is 9.87. The average Bonchev–Trinajstić information content (AvgIpc) is 3.18. The maximum absolute atomic E-state index is 13.1. The summed E-state index contributed by atoms with van der Waals surface area (Å²) >= 11 is 0. The molecule has 0 radical (unpaired) electrons. The SMILES string of the molecule is CN1CC(C(=O)Nc2ccc(F)cc2)CC1C1CCN(S(=O)(=O)c2ccccc2)CC1. The second-order valence-electron chi connectivity index (χ2n) is 8.49. The maximum Gasteiger partial charge on any atom is 0.243 e. The minimum Gasteiger partial charge on any atom is -0.326 e. The summed E-state index contributed by atoms with van der Waals surface area (Å²) in [4.78, 5) is 15.3. The number of anilines is 1. The first kappa shape index (κ1) is 21.9. The van der Waals surface area contributed by atoms with Crippen LogP contribution in [0.25, 0.3) is 0 Å². The van der Waals surface area contributed by atoms with Gasteiger partial charge in [0.1, 0.15) is 5.82 Å². The topological polar surface area (TPSA) is 69.7 Å². The Hall–Kier alpha value is -2.29. The summed E-state index contributed by atoms with van der Waals surface area (Å²) in [5.41, 5.74) is 0.594. The predicted octanol–water partition coefficient (Wildman–Crippen LogP) is 3.19. The van der Waals surface area contributed by atoms with Crippen molar-refractivity contribution in [3.05, 3.63) is 60.4 Å². The van der Waals surface area contributed by atoms with E-state index in [1.54, 1.807) is 40.7 Å². The van der Waals surface area contributed by atoms with Crippen molar-refractivity contribution in [3.63, 3.8) is 0 Å². The number of hydrogen-bond donors (Lipinski definition) is 1. The molecule has 0 saturated carbocycles. The third-order valence-electron chi connectivity index (χ3n) is 6.51. The van der Waals surface area contributed by atoms with Crippen LogP contribution in [0.15, 0.2) is 59.5 Å². The van der Waals surface area contributed by atoms with Crippen LogP contribution in [0.4, 0.5) is 10.1 Å². The van der Waals surface area contributed by atoms with Gasteiger partial charge in [-0.1, -0.05) is 18.2 Å². The molecule has 2 heterocycles. The molecule has 2 atom stereocenters. The number of nitrogens with one attached hydrogen (secondary N) is 1. The highest BCUT2D eigenvalue weighted by Gasteiger charge is 2.40. The standard InChI is InChI=1S/C23H28FN3O3S/c1-26-16-18(23(28)25-20-9-7-19(24)8-10-20)15-22(26)17-11-13-27(14-12-17)31(29,30)21-5-3-2-4-6-21/h2-10,17-18,22H,11-16H2,1H3,(H,25,28). The summed E-state index contributed by atoms with van der Waals surface area (Å²) in [7, 11) is -1.42. The van der Waals surface area contributed by atoms with Crippen LogP contribution in [-0.2, 0) is 14.8 Å². The van der Waals surface area contributed by atoms with Crippen molar-refractivity contribution in [1.29, 1.82) is 0 Å². The van der Waals surface area contributed by atoms with Gasteiger partial charge in [-0.3, -0.25) is 4.79 Å². The zero-order chi connectivity index (χ0) is 22.0. The monoisotopic (exact) mass is 445 g/mol. The van der Waals surface area contributed by atoms with Gasteiger partial charge in [0.25, 0.3) is 0 Å². The number of halogens is 1. The molecule has 31 heavy (non-hydrogen) atoms. The quantitative estimate of drug-likeness (QED) is 0.768. The molecule has 6 nitrogen and oxygen atoms in total. The Morgan fingerprint density at radius 1 is 1.03 bits per heavy atom. The number of benzene rings is 2. The van der Waals surface area contributed by atoms with Crippen LogP contribution >= 0.6 is 0 Å². The molecule has 1 amide bonds. The molecule has 2 aromatic carbocycles. The van der Waals surface area contributed by atoms with Gasteiger partial charge >= 0.3 is 0 Å². The molecule has 0 aliphatic carbocycles. The molecule has 8 heteroatoms. The van der Waals surface area contributed by atoms with Crippen molar-refractivity contribution in [3.8, 4) is 0 Å². The van der Waals surface area contributed by atoms with E-state index in [2.05, 4.69) is 10.2 Å². The Bertz CT molecular complexity index is 1010. The Labute approximate surface area is 183 Å². The smallest absolute Gasteiger partial charge is 0.243 e. The fourth-order valence-electron chi connectivity index (χ4n) is 4.79. The van der Waals surface area contributed by atoms with E-state index in [4.69, 9.17) is 0 Å². The fourth-order valence-corrected chi connectivity index (χ4v) is 6.28. The van der Waals surface area contributed by atoms with Crippen LogP contribution in [0.1, 0.15) is 19.3 Å². The van der Waals surface area contributed by atoms with Crippen LogP contribution in [0.2, 0.25) is 0 Å². The van der Waals surface area contributed by atoms with Crippen molar-refractivity contribution in [2.45, 2.75) is 30.2 Å². The summed E-state index contributed by atoms with van der Waals surface area (Å²) in [5.74, 6) is -0.161. The number of carbonyl (C=O) groups is 1. The van der Waals surface area contributed by atoms with Crippen LogP contribution in [0.5, 0.6) is 0 Å². The third-order valence-corrected chi connectivity index (χ3v) is 8.42. The summed E-state index contributed by atoms with van der Waals surface area (Å²) in [6.07, 6.45) is 2.32. The first-order valence-electron chi connectivity index (χ1n) is 10.7. The average molecular weight is 446 g/mol. The molecular formula is C23H28FN3O3S. The van der Waals surface area contributed by atoms with Crippen LogP contribution < -0.4 is 5.32 Å². The van der Waals surface area contributed by atoms with E-state index >= 15 is 0 Å². The Kier molecular flexibility index (Phi) is 6.41. The van der Waals surface area contributed by atoms with E-state index < -0.39 is 10.0 Å². The van der Waals surface area contributed by atoms with E-state index in [0.717, 1.165) is 19.3 Å². The highest BCUT2D eigenvalue weighted by Crippen LogP contribution is 2.34. The number of likely N-dealkylation sites (tertiary alicyclic amines) is 1. The van der Waals surface area contributed by atoms with Gasteiger partial charge in [-0.2, -0.15) is 4.31 Å². The van der Waals surface area contributed by atoms with Gasteiger partial charge in [-0.15, -0.1) is 0 Å². The number of rotatable bonds is 5. The molecule has 0 aromatic heterocycles. The van der Waals surface area contributed by atoms with Gasteiger partial charge in [-0.25, -0.2) is 12.8 Å². The van der Waals surface area contributed by atoms with Crippen molar-refractivity contribution < 1.29 is 17.6 Å². The molecule has 0 spiro atoms. The van der Waals surface area contributed by atoms with E-state index in [0.29, 0.717) is 36.1 Å². The molecule has 2 aliphatic rings. The van der Waals surface area contributed by atoms with Gasteiger partial charge in [0.2, 0.25) is 15.9 Å². The molecule has 2 saturated heterocycles. The van der Waals surface area contributed by atoms with Gasteiger partial charge in [-0.05, 0) is 68.6 Å². The van der Waals surface area contributed by atoms with Gasteiger partial charge < -0.3 is 10.2 Å². The molecule has 2 fully saturated rings. The second-order valence-corrected chi connectivity index (χ2v) is 10.4. The number of nitrogens with zero attached hydrogens (tertiary/aromatic N) is 2. The van der Waals surface area contributed by atoms with Crippen molar-refractivity contribution in [1.82, 2.24) is 9.21 Å². The lowest BCUT2D eigenvalue weighted by molar-refractivity contribution is -0.119.